The first-order chi connectivity index (χ1) is 11.6. The van der Waals surface area contributed by atoms with Gasteiger partial charge in [-0.15, -0.1) is 0 Å². The predicted octanol–water partition coefficient (Wildman–Crippen LogP) is 3.09. The van der Waals surface area contributed by atoms with E-state index in [9.17, 15) is 9.59 Å². The topological polar surface area (TPSA) is 69.6 Å². The monoisotopic (exact) mass is 326 g/mol. The second-order valence-corrected chi connectivity index (χ2v) is 5.67. The van der Waals surface area contributed by atoms with Crippen LogP contribution in [0.3, 0.4) is 0 Å². The number of benzene rings is 2. The van der Waals surface area contributed by atoms with Crippen molar-refractivity contribution in [3.8, 4) is 0 Å². The van der Waals surface area contributed by atoms with E-state index in [2.05, 4.69) is 5.32 Å². The number of carboxylic acids is 1. The first kappa shape index (κ1) is 17.5. The standard InChI is InChI=1S/C19H22N2O3/c1-21(13-12-18(22)23)19(24)20-17(16-10-6-3-7-11-16)14-15-8-4-2-5-9-15/h2-11,17H,12-14H2,1H3,(H,20,24)(H,22,23). The minimum atomic E-state index is -0.918. The van der Waals surface area contributed by atoms with Crippen LogP contribution in [0.5, 0.6) is 0 Å². The summed E-state index contributed by atoms with van der Waals surface area (Å²) in [7, 11) is 1.60. The minimum Gasteiger partial charge on any atom is -0.481 e. The maximum absolute atomic E-state index is 12.4. The molecule has 0 aliphatic heterocycles. The number of carboxylic acid groups (broad SMARTS) is 1. The van der Waals surface area contributed by atoms with Gasteiger partial charge in [0.15, 0.2) is 0 Å². The van der Waals surface area contributed by atoms with Crippen molar-refractivity contribution in [2.75, 3.05) is 13.6 Å². The van der Waals surface area contributed by atoms with Gasteiger partial charge in [-0.2, -0.15) is 0 Å². The van der Waals surface area contributed by atoms with Gasteiger partial charge in [-0.1, -0.05) is 60.7 Å². The zero-order valence-corrected chi connectivity index (χ0v) is 13.7. The van der Waals surface area contributed by atoms with Crippen LogP contribution in [-0.2, 0) is 11.2 Å². The molecule has 0 fully saturated rings. The molecule has 0 radical (unpaired) electrons. The molecule has 0 bridgehead atoms. The smallest absolute Gasteiger partial charge is 0.317 e. The first-order valence-electron chi connectivity index (χ1n) is 7.88. The van der Waals surface area contributed by atoms with Crippen LogP contribution >= 0.6 is 0 Å². The number of nitrogens with zero attached hydrogens (tertiary/aromatic N) is 1. The number of nitrogens with one attached hydrogen (secondary N) is 1. The minimum absolute atomic E-state index is 0.0708. The van der Waals surface area contributed by atoms with Crippen LogP contribution in [0.4, 0.5) is 4.79 Å². The fourth-order valence-electron chi connectivity index (χ4n) is 2.41. The summed E-state index contributed by atoms with van der Waals surface area (Å²) in [6, 6.07) is 19.3. The Kier molecular flexibility index (Phi) is 6.37. The van der Waals surface area contributed by atoms with Gasteiger partial charge in [0.25, 0.3) is 0 Å². The second-order valence-electron chi connectivity index (χ2n) is 5.67. The van der Waals surface area contributed by atoms with Gasteiger partial charge in [-0.3, -0.25) is 4.79 Å². The predicted molar refractivity (Wildman–Crippen MR) is 92.7 cm³/mol. The number of aliphatic carboxylic acids is 1. The lowest BCUT2D eigenvalue weighted by Gasteiger charge is -2.24. The fraction of sp³-hybridized carbons (Fsp3) is 0.263. The highest BCUT2D eigenvalue weighted by Crippen LogP contribution is 2.18. The molecule has 0 aliphatic carbocycles. The van der Waals surface area contributed by atoms with Crippen molar-refractivity contribution in [2.45, 2.75) is 18.9 Å². The van der Waals surface area contributed by atoms with E-state index in [0.29, 0.717) is 6.42 Å². The molecule has 2 N–H and O–H groups in total. The van der Waals surface area contributed by atoms with Gasteiger partial charge in [0.2, 0.25) is 0 Å². The number of amides is 2. The second kappa shape index (κ2) is 8.72. The lowest BCUT2D eigenvalue weighted by molar-refractivity contribution is -0.137. The number of hydrogen-bond donors (Lipinski definition) is 2. The molecule has 2 amide bonds. The van der Waals surface area contributed by atoms with E-state index in [1.165, 1.54) is 4.90 Å². The van der Waals surface area contributed by atoms with Crippen LogP contribution in [0.2, 0.25) is 0 Å². The molecule has 0 heterocycles. The van der Waals surface area contributed by atoms with Crippen molar-refractivity contribution in [3.05, 3.63) is 71.8 Å². The number of hydrogen-bond acceptors (Lipinski definition) is 2. The van der Waals surface area contributed by atoms with Gasteiger partial charge in [-0.05, 0) is 17.5 Å². The van der Waals surface area contributed by atoms with Crippen LogP contribution < -0.4 is 5.32 Å². The van der Waals surface area contributed by atoms with Crippen molar-refractivity contribution < 1.29 is 14.7 Å². The van der Waals surface area contributed by atoms with Crippen LogP contribution in [0, 0.1) is 0 Å². The molecule has 0 saturated carbocycles. The molecule has 2 aromatic carbocycles. The molecule has 1 unspecified atom stereocenters. The summed E-state index contributed by atoms with van der Waals surface area (Å²) in [6.45, 7) is 0.175. The summed E-state index contributed by atoms with van der Waals surface area (Å²) in [5, 5.41) is 11.7. The number of carbonyl (C=O) groups is 2. The highest BCUT2D eigenvalue weighted by Gasteiger charge is 2.18. The van der Waals surface area contributed by atoms with E-state index in [1.54, 1.807) is 7.05 Å². The van der Waals surface area contributed by atoms with E-state index in [-0.39, 0.29) is 25.0 Å². The Morgan fingerprint density at radius 2 is 1.62 bits per heavy atom. The summed E-state index contributed by atoms with van der Waals surface area (Å²) >= 11 is 0. The highest BCUT2D eigenvalue weighted by molar-refractivity contribution is 5.75. The summed E-state index contributed by atoms with van der Waals surface area (Å²) < 4.78 is 0. The molecule has 0 aromatic heterocycles. The Morgan fingerprint density at radius 3 is 2.21 bits per heavy atom. The highest BCUT2D eigenvalue weighted by atomic mass is 16.4. The van der Waals surface area contributed by atoms with Crippen LogP contribution in [0.25, 0.3) is 0 Å². The molecule has 24 heavy (non-hydrogen) atoms. The number of rotatable bonds is 7. The summed E-state index contributed by atoms with van der Waals surface area (Å²) in [5.74, 6) is -0.918. The summed E-state index contributed by atoms with van der Waals surface area (Å²) in [5.41, 5.74) is 2.14. The number of urea groups is 1. The quantitative estimate of drug-likeness (QED) is 0.821. The Morgan fingerprint density at radius 1 is 1.04 bits per heavy atom. The Bertz CT molecular complexity index is 659. The van der Waals surface area contributed by atoms with Gasteiger partial charge < -0.3 is 15.3 Å². The molecule has 1 atom stereocenters. The van der Waals surface area contributed by atoms with Gasteiger partial charge in [0, 0.05) is 13.6 Å². The Labute approximate surface area is 141 Å². The third-order valence-corrected chi connectivity index (χ3v) is 3.79. The van der Waals surface area contributed by atoms with E-state index in [0.717, 1.165) is 11.1 Å². The van der Waals surface area contributed by atoms with Gasteiger partial charge in [0.05, 0.1) is 12.5 Å². The Hall–Kier alpha value is -2.82. The largest absolute Gasteiger partial charge is 0.481 e. The number of carbonyl (C=O) groups excluding carboxylic acids is 1. The SMILES string of the molecule is CN(CCC(=O)O)C(=O)NC(Cc1ccccc1)c1ccccc1. The van der Waals surface area contributed by atoms with Crippen LogP contribution in [0.1, 0.15) is 23.6 Å². The summed E-state index contributed by atoms with van der Waals surface area (Å²) in [6.07, 6.45) is 0.599. The van der Waals surface area contributed by atoms with Crippen molar-refractivity contribution in [3.63, 3.8) is 0 Å². The average Bonchev–Trinajstić information content (AvgIpc) is 2.60. The molecular weight excluding hydrogens is 304 g/mol. The van der Waals surface area contributed by atoms with Crippen molar-refractivity contribution in [2.24, 2.45) is 0 Å². The van der Waals surface area contributed by atoms with E-state index in [1.807, 2.05) is 60.7 Å². The van der Waals surface area contributed by atoms with Crippen molar-refractivity contribution >= 4 is 12.0 Å². The fourth-order valence-corrected chi connectivity index (χ4v) is 2.41. The first-order valence-corrected chi connectivity index (χ1v) is 7.88. The van der Waals surface area contributed by atoms with E-state index < -0.39 is 5.97 Å². The molecule has 0 spiro atoms. The normalized spacial score (nSPS) is 11.5. The molecule has 5 heteroatoms. The van der Waals surface area contributed by atoms with E-state index in [4.69, 9.17) is 5.11 Å². The zero-order chi connectivity index (χ0) is 17.4. The maximum atomic E-state index is 12.4. The zero-order valence-electron chi connectivity index (χ0n) is 13.7. The van der Waals surface area contributed by atoms with Gasteiger partial charge in [-0.25, -0.2) is 4.79 Å². The molecule has 5 nitrogen and oxygen atoms in total. The third-order valence-electron chi connectivity index (χ3n) is 3.79. The van der Waals surface area contributed by atoms with Crippen molar-refractivity contribution in [1.82, 2.24) is 10.2 Å². The third kappa shape index (κ3) is 5.43. The van der Waals surface area contributed by atoms with E-state index >= 15 is 0 Å². The molecule has 0 aliphatic rings. The lowest BCUT2D eigenvalue weighted by Crippen LogP contribution is -2.40. The molecule has 2 rings (SSSR count). The lowest BCUT2D eigenvalue weighted by atomic mass is 9.99. The summed E-state index contributed by atoms with van der Waals surface area (Å²) in [4.78, 5) is 24.4. The van der Waals surface area contributed by atoms with Gasteiger partial charge >= 0.3 is 12.0 Å². The molecular formula is C19H22N2O3. The van der Waals surface area contributed by atoms with Gasteiger partial charge in [0.1, 0.15) is 0 Å². The van der Waals surface area contributed by atoms with Crippen LogP contribution in [0.15, 0.2) is 60.7 Å². The van der Waals surface area contributed by atoms with Crippen LogP contribution in [-0.4, -0.2) is 35.6 Å². The maximum Gasteiger partial charge on any atom is 0.317 e. The van der Waals surface area contributed by atoms with Crippen molar-refractivity contribution in [1.29, 1.82) is 0 Å². The average molecular weight is 326 g/mol. The molecule has 0 saturated heterocycles. The molecule has 2 aromatic rings. The molecule has 126 valence electrons. The Balaban J connectivity index is 2.08.